The van der Waals surface area contributed by atoms with Crippen molar-refractivity contribution in [2.75, 3.05) is 6.54 Å². The molecule has 0 atom stereocenters. The lowest BCUT2D eigenvalue weighted by molar-refractivity contribution is 0.134. The van der Waals surface area contributed by atoms with E-state index in [-0.39, 0.29) is 0 Å². The molecule has 1 aliphatic rings. The lowest BCUT2D eigenvalue weighted by atomic mass is 9.64. The molecule has 0 aromatic carbocycles. The lowest BCUT2D eigenvalue weighted by Gasteiger charge is -2.54. The summed E-state index contributed by atoms with van der Waals surface area (Å²) >= 11 is 2.00. The van der Waals surface area contributed by atoms with Crippen LogP contribution in [-0.2, 0) is 0 Å². The van der Waals surface area contributed by atoms with Gasteiger partial charge in [-0.3, -0.25) is 4.99 Å². The molecule has 0 aliphatic carbocycles. The maximum Gasteiger partial charge on any atom is 0.0650 e. The monoisotopic (exact) mass is 227 g/mol. The molecule has 0 saturated heterocycles. The molecule has 0 aromatic rings. The van der Waals surface area contributed by atoms with Gasteiger partial charge in [-0.05, 0) is 24.2 Å². The van der Waals surface area contributed by atoms with E-state index in [4.69, 9.17) is 0 Å². The highest BCUT2D eigenvalue weighted by atomic mass is 32.2. The van der Waals surface area contributed by atoms with Crippen LogP contribution in [0.3, 0.4) is 0 Å². The molecule has 0 aromatic heterocycles. The van der Waals surface area contributed by atoms with Crippen LogP contribution in [0.2, 0.25) is 0 Å². The third-order valence-electron chi connectivity index (χ3n) is 3.54. The molecule has 2 heteroatoms. The average molecular weight is 227 g/mol. The first-order valence-electron chi connectivity index (χ1n) is 5.80. The van der Waals surface area contributed by atoms with Crippen LogP contribution in [0.25, 0.3) is 0 Å². The van der Waals surface area contributed by atoms with Crippen molar-refractivity contribution >= 4 is 16.8 Å². The van der Waals surface area contributed by atoms with Crippen LogP contribution >= 0.6 is 11.8 Å². The highest BCUT2D eigenvalue weighted by Crippen LogP contribution is 2.56. The van der Waals surface area contributed by atoms with Crippen LogP contribution in [0, 0.1) is 10.8 Å². The first kappa shape index (κ1) is 13.1. The highest BCUT2D eigenvalue weighted by molar-refractivity contribution is 8.15. The molecule has 0 amide bonds. The van der Waals surface area contributed by atoms with E-state index in [1.807, 2.05) is 11.8 Å². The van der Waals surface area contributed by atoms with E-state index in [1.165, 1.54) is 11.5 Å². The third-order valence-corrected chi connectivity index (χ3v) is 5.75. The first-order chi connectivity index (χ1) is 6.60. The summed E-state index contributed by atoms with van der Waals surface area (Å²) in [5.74, 6) is 0. The van der Waals surface area contributed by atoms with Crippen LogP contribution < -0.4 is 0 Å². The summed E-state index contributed by atoms with van der Waals surface area (Å²) < 4.78 is 0.311. The van der Waals surface area contributed by atoms with Crippen LogP contribution in [0.1, 0.15) is 54.9 Å². The second-order valence-electron chi connectivity index (χ2n) is 6.58. The first-order valence-corrected chi connectivity index (χ1v) is 6.62. The lowest BCUT2D eigenvalue weighted by Crippen LogP contribution is -2.52. The van der Waals surface area contributed by atoms with E-state index in [2.05, 4.69) is 53.5 Å². The molecule has 0 radical (unpaired) electrons. The van der Waals surface area contributed by atoms with Gasteiger partial charge in [0.2, 0.25) is 0 Å². The minimum atomic E-state index is 0.311. The van der Waals surface area contributed by atoms with Crippen LogP contribution in [0.4, 0.5) is 0 Å². The van der Waals surface area contributed by atoms with Gasteiger partial charge in [0, 0.05) is 11.3 Å². The molecule has 0 fully saturated rings. The Labute approximate surface area is 99.1 Å². The summed E-state index contributed by atoms with van der Waals surface area (Å²) in [6, 6.07) is 0. The zero-order chi connectivity index (χ0) is 11.9. The summed E-state index contributed by atoms with van der Waals surface area (Å²) in [5.41, 5.74) is 0.625. The number of hydrogen-bond donors (Lipinski definition) is 0. The average Bonchev–Trinajstić information content (AvgIpc) is 1.99. The van der Waals surface area contributed by atoms with Crippen LogP contribution in [-0.4, -0.2) is 16.3 Å². The van der Waals surface area contributed by atoms with E-state index in [1.54, 1.807) is 0 Å². The highest BCUT2D eigenvalue weighted by Gasteiger charge is 2.52. The van der Waals surface area contributed by atoms with Crippen molar-refractivity contribution in [3.05, 3.63) is 0 Å². The number of aliphatic imine (C=N–C) groups is 1. The van der Waals surface area contributed by atoms with Gasteiger partial charge in [0.1, 0.15) is 0 Å². The van der Waals surface area contributed by atoms with Gasteiger partial charge >= 0.3 is 0 Å². The molecule has 15 heavy (non-hydrogen) atoms. The Morgan fingerprint density at radius 1 is 1.07 bits per heavy atom. The SMILES string of the molecule is CC1=NCCC(C(C)(C)C)(C(C)(C)C)S1. The number of rotatable bonds is 0. The van der Waals surface area contributed by atoms with Crippen molar-refractivity contribution in [1.29, 1.82) is 0 Å². The molecular weight excluding hydrogens is 202 g/mol. The molecule has 0 N–H and O–H groups in total. The Morgan fingerprint density at radius 3 is 1.80 bits per heavy atom. The summed E-state index contributed by atoms with van der Waals surface area (Å²) in [4.78, 5) is 4.53. The molecule has 0 bridgehead atoms. The molecule has 0 unspecified atom stereocenters. The third kappa shape index (κ3) is 2.25. The Kier molecular flexibility index (Phi) is 3.31. The molecule has 0 saturated carbocycles. The van der Waals surface area contributed by atoms with Crippen LogP contribution in [0.5, 0.6) is 0 Å². The fraction of sp³-hybridized carbons (Fsp3) is 0.923. The van der Waals surface area contributed by atoms with Gasteiger partial charge in [-0.2, -0.15) is 0 Å². The molecule has 1 heterocycles. The van der Waals surface area contributed by atoms with E-state index >= 15 is 0 Å². The van der Waals surface area contributed by atoms with Crippen molar-refractivity contribution < 1.29 is 0 Å². The molecule has 1 rings (SSSR count). The number of thioether (sulfide) groups is 1. The van der Waals surface area contributed by atoms with Crippen LogP contribution in [0.15, 0.2) is 4.99 Å². The fourth-order valence-corrected chi connectivity index (χ4v) is 4.35. The second kappa shape index (κ2) is 3.80. The van der Waals surface area contributed by atoms with E-state index in [9.17, 15) is 0 Å². The molecule has 1 aliphatic heterocycles. The minimum Gasteiger partial charge on any atom is -0.283 e. The normalized spacial score (nSPS) is 22.5. The standard InChI is InChI=1S/C13H25NS/c1-10-14-9-8-13(15-10,11(2,3)4)12(5,6)7/h8-9H2,1-7H3. The molecule has 1 nitrogen and oxygen atoms in total. The molecular formula is C13H25NS. The summed E-state index contributed by atoms with van der Waals surface area (Å²) in [7, 11) is 0. The van der Waals surface area contributed by atoms with Crippen molar-refractivity contribution in [3.63, 3.8) is 0 Å². The number of hydrogen-bond acceptors (Lipinski definition) is 2. The van der Waals surface area contributed by atoms with E-state index in [0.717, 1.165) is 6.54 Å². The molecule has 0 spiro atoms. The Balaban J connectivity index is 3.16. The minimum absolute atomic E-state index is 0.311. The quantitative estimate of drug-likeness (QED) is 0.598. The maximum absolute atomic E-state index is 4.53. The zero-order valence-corrected chi connectivity index (χ0v) is 12.1. The van der Waals surface area contributed by atoms with Crippen molar-refractivity contribution in [2.24, 2.45) is 15.8 Å². The molecule has 88 valence electrons. The van der Waals surface area contributed by atoms with Gasteiger partial charge in [-0.25, -0.2) is 0 Å². The van der Waals surface area contributed by atoms with Gasteiger partial charge in [0.15, 0.2) is 0 Å². The maximum atomic E-state index is 4.53. The Bertz CT molecular complexity index is 251. The van der Waals surface area contributed by atoms with Gasteiger partial charge in [-0.1, -0.05) is 41.5 Å². The number of nitrogens with zero attached hydrogens (tertiary/aromatic N) is 1. The van der Waals surface area contributed by atoms with Gasteiger partial charge in [0.05, 0.1) is 5.04 Å². The second-order valence-corrected chi connectivity index (χ2v) is 8.07. The summed E-state index contributed by atoms with van der Waals surface area (Å²) in [6.45, 7) is 17.3. The van der Waals surface area contributed by atoms with Gasteiger partial charge in [-0.15, -0.1) is 11.8 Å². The van der Waals surface area contributed by atoms with Gasteiger partial charge in [0.25, 0.3) is 0 Å². The largest absolute Gasteiger partial charge is 0.283 e. The Hall–Kier alpha value is 0.0200. The van der Waals surface area contributed by atoms with E-state index in [0.29, 0.717) is 15.6 Å². The van der Waals surface area contributed by atoms with Crippen molar-refractivity contribution in [2.45, 2.75) is 59.6 Å². The Morgan fingerprint density at radius 2 is 1.53 bits per heavy atom. The van der Waals surface area contributed by atoms with Gasteiger partial charge < -0.3 is 0 Å². The topological polar surface area (TPSA) is 12.4 Å². The predicted molar refractivity (Wildman–Crippen MR) is 71.8 cm³/mol. The van der Waals surface area contributed by atoms with Crippen molar-refractivity contribution in [1.82, 2.24) is 0 Å². The van der Waals surface area contributed by atoms with Crippen molar-refractivity contribution in [3.8, 4) is 0 Å². The summed E-state index contributed by atoms with van der Waals surface area (Å²) in [5, 5.41) is 1.26. The predicted octanol–water partition coefficient (Wildman–Crippen LogP) is 4.37. The summed E-state index contributed by atoms with van der Waals surface area (Å²) in [6.07, 6.45) is 1.20. The smallest absolute Gasteiger partial charge is 0.0650 e. The fourth-order valence-electron chi connectivity index (χ4n) is 2.89. The zero-order valence-electron chi connectivity index (χ0n) is 11.3. The van der Waals surface area contributed by atoms with E-state index < -0.39 is 0 Å².